The van der Waals surface area contributed by atoms with Crippen LogP contribution in [0.25, 0.3) is 0 Å². The molecule has 0 amide bonds. The highest BCUT2D eigenvalue weighted by Crippen LogP contribution is 2.03. The van der Waals surface area contributed by atoms with Gasteiger partial charge in [0, 0.05) is 0 Å². The van der Waals surface area contributed by atoms with Crippen LogP contribution in [0.4, 0.5) is 4.39 Å². The predicted molar refractivity (Wildman–Crippen MR) is 33.2 cm³/mol. The van der Waals surface area contributed by atoms with Crippen molar-refractivity contribution in [2.45, 2.75) is 6.42 Å². The second-order valence-corrected chi connectivity index (χ2v) is 1.88. The molecule has 1 atom stereocenters. The molecule has 0 aliphatic heterocycles. The molecular weight excluding hydrogens is 139 g/mol. The Bertz CT molecular complexity index is 105. The van der Waals surface area contributed by atoms with Gasteiger partial charge in [-0.15, -0.1) is 0 Å². The number of carbonyl (C=O) groups is 1. The minimum absolute atomic E-state index is 0.0309. The van der Waals surface area contributed by atoms with Crippen molar-refractivity contribution >= 4 is 5.97 Å². The predicted octanol–water partition coefficient (Wildman–Crippen LogP) is 0.127. The lowest BCUT2D eigenvalue weighted by molar-refractivity contribution is -0.147. The van der Waals surface area contributed by atoms with Gasteiger partial charge in [0.05, 0.1) is 26.3 Å². The van der Waals surface area contributed by atoms with Crippen molar-refractivity contribution in [3.63, 3.8) is 0 Å². The van der Waals surface area contributed by atoms with Crippen LogP contribution in [0.5, 0.6) is 0 Å². The summed E-state index contributed by atoms with van der Waals surface area (Å²) in [7, 11) is 1.21. The number of rotatable bonds is 4. The molecule has 60 valence electrons. The molecule has 0 saturated heterocycles. The number of halogens is 1. The van der Waals surface area contributed by atoms with Crippen molar-refractivity contribution in [2.75, 3.05) is 20.4 Å². The van der Waals surface area contributed by atoms with E-state index in [9.17, 15) is 9.18 Å². The van der Waals surface area contributed by atoms with E-state index >= 15 is 0 Å². The van der Waals surface area contributed by atoms with Crippen LogP contribution in [-0.4, -0.2) is 31.5 Å². The molecule has 0 aromatic heterocycles. The van der Waals surface area contributed by atoms with E-state index in [2.05, 4.69) is 4.74 Å². The summed E-state index contributed by atoms with van der Waals surface area (Å²) >= 11 is 0. The maximum Gasteiger partial charge on any atom is 0.311 e. The zero-order chi connectivity index (χ0) is 7.98. The van der Waals surface area contributed by atoms with E-state index in [1.165, 1.54) is 7.11 Å². The zero-order valence-electron chi connectivity index (χ0n) is 5.84. The van der Waals surface area contributed by atoms with Gasteiger partial charge in [-0.2, -0.15) is 0 Å². The number of esters is 1. The van der Waals surface area contributed by atoms with Crippen LogP contribution in [0.2, 0.25) is 0 Å². The number of hydrogen-bond donors (Lipinski definition) is 1. The standard InChI is InChI=1S/C6H11FO3/c1-10-6(9)5(4-8)2-3-7/h5,8H,2-4H2,1H3. The van der Waals surface area contributed by atoms with E-state index < -0.39 is 18.6 Å². The van der Waals surface area contributed by atoms with E-state index in [0.29, 0.717) is 0 Å². The van der Waals surface area contributed by atoms with Gasteiger partial charge in [-0.25, -0.2) is 0 Å². The lowest BCUT2D eigenvalue weighted by atomic mass is 10.1. The van der Waals surface area contributed by atoms with E-state index in [4.69, 9.17) is 5.11 Å². The molecule has 0 aliphatic carbocycles. The average molecular weight is 150 g/mol. The summed E-state index contributed by atoms with van der Waals surface area (Å²) in [6.45, 7) is -0.961. The van der Waals surface area contributed by atoms with Gasteiger partial charge < -0.3 is 9.84 Å². The quantitative estimate of drug-likeness (QED) is 0.579. The second-order valence-electron chi connectivity index (χ2n) is 1.88. The van der Waals surface area contributed by atoms with Gasteiger partial charge in [-0.1, -0.05) is 0 Å². The minimum atomic E-state index is -0.699. The lowest BCUT2D eigenvalue weighted by Crippen LogP contribution is -2.20. The first-order valence-corrected chi connectivity index (χ1v) is 3.01. The molecular formula is C6H11FO3. The number of aliphatic hydroxyl groups excluding tert-OH is 1. The third kappa shape index (κ3) is 2.77. The van der Waals surface area contributed by atoms with E-state index in [1.807, 2.05) is 0 Å². The summed E-state index contributed by atoms with van der Waals surface area (Å²) in [5.74, 6) is -1.25. The van der Waals surface area contributed by atoms with E-state index in [1.54, 1.807) is 0 Å². The molecule has 10 heavy (non-hydrogen) atoms. The highest BCUT2D eigenvalue weighted by Gasteiger charge is 2.16. The van der Waals surface area contributed by atoms with Crippen molar-refractivity contribution in [1.82, 2.24) is 0 Å². The van der Waals surface area contributed by atoms with E-state index in [-0.39, 0.29) is 13.0 Å². The summed E-state index contributed by atoms with van der Waals surface area (Å²) in [6.07, 6.45) is 0.0309. The largest absolute Gasteiger partial charge is 0.469 e. The fourth-order valence-corrected chi connectivity index (χ4v) is 0.582. The fraction of sp³-hybridized carbons (Fsp3) is 0.833. The van der Waals surface area contributed by atoms with Crippen LogP contribution in [0.15, 0.2) is 0 Å². The molecule has 4 heteroatoms. The average Bonchev–Trinajstić information content (AvgIpc) is 1.99. The second kappa shape index (κ2) is 5.17. The summed E-state index contributed by atoms with van der Waals surface area (Å²) in [5, 5.41) is 8.49. The van der Waals surface area contributed by atoms with Crippen LogP contribution in [0.1, 0.15) is 6.42 Å². The van der Waals surface area contributed by atoms with Gasteiger partial charge in [0.2, 0.25) is 0 Å². The molecule has 0 bridgehead atoms. The highest BCUT2D eigenvalue weighted by atomic mass is 19.1. The Labute approximate surface area is 58.8 Å². The summed E-state index contributed by atoms with van der Waals surface area (Å²) in [4.78, 5) is 10.6. The van der Waals surface area contributed by atoms with Crippen LogP contribution < -0.4 is 0 Å². The Hall–Kier alpha value is -0.640. The molecule has 1 N–H and O–H groups in total. The van der Waals surface area contributed by atoms with Gasteiger partial charge in [-0.05, 0) is 6.42 Å². The first kappa shape index (κ1) is 9.36. The van der Waals surface area contributed by atoms with Crippen molar-refractivity contribution in [3.05, 3.63) is 0 Å². The number of carbonyl (C=O) groups excluding carboxylic acids is 1. The molecule has 3 nitrogen and oxygen atoms in total. The van der Waals surface area contributed by atoms with Gasteiger partial charge in [0.1, 0.15) is 0 Å². The van der Waals surface area contributed by atoms with E-state index in [0.717, 1.165) is 0 Å². The molecule has 0 heterocycles. The first-order valence-electron chi connectivity index (χ1n) is 3.01. The number of aliphatic hydroxyl groups is 1. The molecule has 0 rings (SSSR count). The highest BCUT2D eigenvalue weighted by molar-refractivity contribution is 5.72. The third-order valence-corrected chi connectivity index (χ3v) is 1.21. The number of ether oxygens (including phenoxy) is 1. The Kier molecular flexibility index (Phi) is 4.84. The lowest BCUT2D eigenvalue weighted by Gasteiger charge is -2.07. The number of alkyl halides is 1. The van der Waals surface area contributed by atoms with Crippen molar-refractivity contribution in [2.24, 2.45) is 5.92 Å². The topological polar surface area (TPSA) is 46.5 Å². The maximum atomic E-state index is 11.6. The fourth-order valence-electron chi connectivity index (χ4n) is 0.582. The van der Waals surface area contributed by atoms with Crippen molar-refractivity contribution in [3.8, 4) is 0 Å². The van der Waals surface area contributed by atoms with Crippen molar-refractivity contribution in [1.29, 1.82) is 0 Å². The first-order chi connectivity index (χ1) is 4.76. The smallest absolute Gasteiger partial charge is 0.311 e. The van der Waals surface area contributed by atoms with Gasteiger partial charge in [0.25, 0.3) is 0 Å². The number of methoxy groups -OCH3 is 1. The van der Waals surface area contributed by atoms with Gasteiger partial charge in [0.15, 0.2) is 0 Å². The monoisotopic (exact) mass is 150 g/mol. The molecule has 0 saturated carbocycles. The molecule has 1 unspecified atom stereocenters. The summed E-state index contributed by atoms with van der Waals surface area (Å²) in [6, 6.07) is 0. The van der Waals surface area contributed by atoms with Crippen LogP contribution in [-0.2, 0) is 9.53 Å². The van der Waals surface area contributed by atoms with Crippen molar-refractivity contribution < 1.29 is 19.0 Å². The van der Waals surface area contributed by atoms with Crippen LogP contribution >= 0.6 is 0 Å². The Morgan fingerprint density at radius 2 is 2.40 bits per heavy atom. The Morgan fingerprint density at radius 1 is 1.80 bits per heavy atom. The molecule has 0 aromatic carbocycles. The third-order valence-electron chi connectivity index (χ3n) is 1.21. The van der Waals surface area contributed by atoms with Crippen LogP contribution in [0.3, 0.4) is 0 Å². The Morgan fingerprint density at radius 3 is 2.70 bits per heavy atom. The zero-order valence-corrected chi connectivity index (χ0v) is 5.84. The molecule has 0 radical (unpaired) electrons. The summed E-state index contributed by atoms with van der Waals surface area (Å²) in [5.41, 5.74) is 0. The minimum Gasteiger partial charge on any atom is -0.469 e. The van der Waals surface area contributed by atoms with Gasteiger partial charge >= 0.3 is 5.97 Å². The molecule has 0 spiro atoms. The molecule has 0 aliphatic rings. The summed E-state index contributed by atoms with van der Waals surface area (Å²) < 4.78 is 15.9. The maximum absolute atomic E-state index is 11.6. The van der Waals surface area contributed by atoms with Gasteiger partial charge in [-0.3, -0.25) is 9.18 Å². The SMILES string of the molecule is COC(=O)C(CO)CCF. The number of hydrogen-bond acceptors (Lipinski definition) is 3. The normalized spacial score (nSPS) is 12.7. The van der Waals surface area contributed by atoms with Crippen LogP contribution in [0, 0.1) is 5.92 Å². The molecule has 0 fully saturated rings. The Balaban J connectivity index is 3.68. The molecule has 0 aromatic rings.